The van der Waals surface area contributed by atoms with Gasteiger partial charge in [0, 0.05) is 51.5 Å². The van der Waals surface area contributed by atoms with Crippen molar-refractivity contribution < 1.29 is 4.21 Å². The molecule has 2 atom stereocenters. The number of nitrogens with one attached hydrogen (secondary N) is 1. The molecule has 0 amide bonds. The largest absolute Gasteiger partial charge is 0.310 e. The lowest BCUT2D eigenvalue weighted by molar-refractivity contribution is 0.536. The van der Waals surface area contributed by atoms with Gasteiger partial charge in [-0.1, -0.05) is 28.1 Å². The Bertz CT molecular complexity index is 618. The molecule has 1 aromatic carbocycles. The average molecular weight is 355 g/mol. The van der Waals surface area contributed by atoms with Gasteiger partial charge in [0.05, 0.1) is 5.52 Å². The predicted molar refractivity (Wildman–Crippen MR) is 89.3 cm³/mol. The van der Waals surface area contributed by atoms with E-state index in [0.29, 0.717) is 6.04 Å². The fourth-order valence-electron chi connectivity index (χ4n) is 2.07. The second-order valence-electron chi connectivity index (χ2n) is 4.95. The van der Waals surface area contributed by atoms with Crippen LogP contribution in [0.25, 0.3) is 10.9 Å². The number of benzene rings is 1. The molecule has 1 N–H and O–H groups in total. The highest BCUT2D eigenvalue weighted by Crippen LogP contribution is 2.25. The van der Waals surface area contributed by atoms with E-state index >= 15 is 0 Å². The molecule has 20 heavy (non-hydrogen) atoms. The maximum atomic E-state index is 11.1. The van der Waals surface area contributed by atoms with Crippen molar-refractivity contribution in [1.29, 1.82) is 0 Å². The van der Waals surface area contributed by atoms with Crippen molar-refractivity contribution in [2.75, 3.05) is 12.0 Å². The third-order valence-corrected chi connectivity index (χ3v) is 4.78. The van der Waals surface area contributed by atoms with Crippen LogP contribution in [0, 0.1) is 0 Å². The molecule has 0 saturated heterocycles. The van der Waals surface area contributed by atoms with Gasteiger partial charge >= 0.3 is 0 Å². The number of aromatic nitrogens is 1. The summed E-state index contributed by atoms with van der Waals surface area (Å²) in [7, 11) is -0.718. The number of nitrogens with zero attached hydrogens (tertiary/aromatic N) is 1. The lowest BCUT2D eigenvalue weighted by Gasteiger charge is -2.14. The maximum Gasteiger partial charge on any atom is 0.0758 e. The number of fused-ring (bicyclic) bond motifs is 1. The second kappa shape index (κ2) is 7.29. The summed E-state index contributed by atoms with van der Waals surface area (Å²) in [5.41, 5.74) is 2.22. The number of hydrogen-bond donors (Lipinski definition) is 1. The fourth-order valence-corrected chi connectivity index (χ4v) is 3.21. The fraction of sp³-hybridized carbons (Fsp3) is 0.400. The van der Waals surface area contributed by atoms with Crippen molar-refractivity contribution in [3.05, 3.63) is 40.5 Å². The molecule has 2 unspecified atom stereocenters. The molecule has 0 spiro atoms. The van der Waals surface area contributed by atoms with E-state index in [9.17, 15) is 4.21 Å². The SMILES string of the molecule is CC(CCS(C)=O)NCc1ccc(Br)c2cccnc12. The van der Waals surface area contributed by atoms with Gasteiger partial charge in [0.2, 0.25) is 0 Å². The Morgan fingerprint density at radius 3 is 2.95 bits per heavy atom. The number of halogens is 1. The molecule has 0 saturated carbocycles. The van der Waals surface area contributed by atoms with E-state index in [0.717, 1.165) is 34.1 Å². The number of pyridine rings is 1. The Morgan fingerprint density at radius 2 is 2.20 bits per heavy atom. The summed E-state index contributed by atoms with van der Waals surface area (Å²) in [6.07, 6.45) is 4.49. The van der Waals surface area contributed by atoms with Crippen molar-refractivity contribution >= 4 is 37.6 Å². The molecule has 0 radical (unpaired) electrons. The zero-order valence-corrected chi connectivity index (χ0v) is 14.1. The van der Waals surface area contributed by atoms with E-state index in [1.165, 1.54) is 5.56 Å². The normalized spacial score (nSPS) is 14.3. The van der Waals surface area contributed by atoms with Gasteiger partial charge in [0.25, 0.3) is 0 Å². The van der Waals surface area contributed by atoms with Crippen LogP contribution in [0.2, 0.25) is 0 Å². The lowest BCUT2D eigenvalue weighted by Crippen LogP contribution is -2.27. The maximum absolute atomic E-state index is 11.1. The van der Waals surface area contributed by atoms with Crippen LogP contribution in [0.5, 0.6) is 0 Å². The zero-order chi connectivity index (χ0) is 14.5. The van der Waals surface area contributed by atoms with Crippen LogP contribution >= 0.6 is 15.9 Å². The summed E-state index contributed by atoms with van der Waals surface area (Å²) in [6, 6.07) is 8.52. The van der Waals surface area contributed by atoms with Crippen molar-refractivity contribution in [2.45, 2.75) is 25.9 Å². The van der Waals surface area contributed by atoms with E-state index in [2.05, 4.69) is 51.4 Å². The Hall–Kier alpha value is -0.780. The van der Waals surface area contributed by atoms with E-state index in [1.807, 2.05) is 12.3 Å². The summed E-state index contributed by atoms with van der Waals surface area (Å²) in [6.45, 7) is 2.90. The predicted octanol–water partition coefficient (Wildman–Crippen LogP) is 3.24. The summed E-state index contributed by atoms with van der Waals surface area (Å²) < 4.78 is 12.2. The Balaban J connectivity index is 2.07. The van der Waals surface area contributed by atoms with Crippen LogP contribution in [0.1, 0.15) is 18.9 Å². The highest BCUT2D eigenvalue weighted by molar-refractivity contribution is 9.10. The molecule has 108 valence electrons. The van der Waals surface area contributed by atoms with Gasteiger partial charge in [-0.2, -0.15) is 0 Å². The van der Waals surface area contributed by atoms with Crippen LogP contribution < -0.4 is 5.32 Å². The minimum atomic E-state index is -0.718. The van der Waals surface area contributed by atoms with E-state index < -0.39 is 10.8 Å². The molecule has 1 aromatic heterocycles. The van der Waals surface area contributed by atoms with E-state index in [-0.39, 0.29) is 0 Å². The Kier molecular flexibility index (Phi) is 5.69. The first kappa shape index (κ1) is 15.6. The molecule has 1 heterocycles. The first-order chi connectivity index (χ1) is 9.58. The second-order valence-corrected chi connectivity index (χ2v) is 7.36. The van der Waals surface area contributed by atoms with Crippen LogP contribution in [-0.4, -0.2) is 27.2 Å². The van der Waals surface area contributed by atoms with E-state index in [4.69, 9.17) is 0 Å². The Morgan fingerprint density at radius 1 is 1.40 bits per heavy atom. The first-order valence-corrected chi connectivity index (χ1v) is 9.15. The molecule has 5 heteroatoms. The molecular weight excluding hydrogens is 336 g/mol. The Labute approximate surface area is 130 Å². The van der Waals surface area contributed by atoms with Crippen LogP contribution in [-0.2, 0) is 17.3 Å². The molecule has 0 bridgehead atoms. The molecule has 2 rings (SSSR count). The van der Waals surface area contributed by atoms with Crippen LogP contribution in [0.3, 0.4) is 0 Å². The van der Waals surface area contributed by atoms with Crippen molar-refractivity contribution in [3.63, 3.8) is 0 Å². The van der Waals surface area contributed by atoms with Crippen LogP contribution in [0.4, 0.5) is 0 Å². The van der Waals surface area contributed by atoms with Crippen LogP contribution in [0.15, 0.2) is 34.9 Å². The lowest BCUT2D eigenvalue weighted by atomic mass is 10.1. The van der Waals surface area contributed by atoms with Gasteiger partial charge in [-0.05, 0) is 31.0 Å². The number of hydrogen-bond acceptors (Lipinski definition) is 3. The number of rotatable bonds is 6. The van der Waals surface area contributed by atoms with Gasteiger partial charge in [-0.3, -0.25) is 9.19 Å². The van der Waals surface area contributed by atoms with Crippen molar-refractivity contribution in [2.24, 2.45) is 0 Å². The molecule has 0 aliphatic carbocycles. The highest BCUT2D eigenvalue weighted by Gasteiger charge is 2.07. The third-order valence-electron chi connectivity index (χ3n) is 3.28. The minimum absolute atomic E-state index is 0.348. The quantitative estimate of drug-likeness (QED) is 0.865. The molecular formula is C15H19BrN2OS. The third kappa shape index (κ3) is 4.11. The average Bonchev–Trinajstić information content (AvgIpc) is 2.45. The van der Waals surface area contributed by atoms with Gasteiger partial charge in [0.15, 0.2) is 0 Å². The monoisotopic (exact) mass is 354 g/mol. The highest BCUT2D eigenvalue weighted by atomic mass is 79.9. The summed E-state index contributed by atoms with van der Waals surface area (Å²) in [4.78, 5) is 4.48. The summed E-state index contributed by atoms with van der Waals surface area (Å²) in [5.74, 6) is 0.744. The molecule has 2 aromatic rings. The van der Waals surface area contributed by atoms with E-state index in [1.54, 1.807) is 6.26 Å². The molecule has 0 aliphatic rings. The summed E-state index contributed by atoms with van der Waals surface area (Å²) in [5, 5.41) is 4.61. The topological polar surface area (TPSA) is 42.0 Å². The smallest absolute Gasteiger partial charge is 0.0758 e. The molecule has 0 aliphatic heterocycles. The molecule has 0 fully saturated rings. The van der Waals surface area contributed by atoms with Gasteiger partial charge < -0.3 is 5.32 Å². The van der Waals surface area contributed by atoms with Crippen molar-refractivity contribution in [1.82, 2.24) is 10.3 Å². The van der Waals surface area contributed by atoms with Gasteiger partial charge in [0.1, 0.15) is 0 Å². The zero-order valence-electron chi connectivity index (χ0n) is 11.7. The van der Waals surface area contributed by atoms with Crippen molar-refractivity contribution in [3.8, 4) is 0 Å². The molecule has 3 nitrogen and oxygen atoms in total. The summed E-state index contributed by atoms with van der Waals surface area (Å²) >= 11 is 3.56. The standard InChI is InChI=1S/C15H19BrN2OS/c1-11(7-9-20(2)19)18-10-12-5-6-14(16)13-4-3-8-17-15(12)13/h3-6,8,11,18H,7,9-10H2,1-2H3. The first-order valence-electron chi connectivity index (χ1n) is 6.63. The van der Waals surface area contributed by atoms with Gasteiger partial charge in [-0.25, -0.2) is 0 Å². The van der Waals surface area contributed by atoms with Gasteiger partial charge in [-0.15, -0.1) is 0 Å². The minimum Gasteiger partial charge on any atom is -0.310 e.